The summed E-state index contributed by atoms with van der Waals surface area (Å²) in [6, 6.07) is 12.9. The van der Waals surface area contributed by atoms with Gasteiger partial charge in [0.15, 0.2) is 6.61 Å². The number of benzene rings is 2. The highest BCUT2D eigenvalue weighted by Crippen LogP contribution is 2.26. The first-order valence-corrected chi connectivity index (χ1v) is 9.57. The van der Waals surface area contributed by atoms with Gasteiger partial charge < -0.3 is 25.2 Å². The number of phenolic OH excluding ortho intramolecular Hbond substituents is 1. The van der Waals surface area contributed by atoms with Crippen molar-refractivity contribution in [2.75, 3.05) is 27.2 Å². The number of aryl methyl sites for hydroxylation is 1. The number of amides is 1. The van der Waals surface area contributed by atoms with E-state index in [4.69, 9.17) is 4.74 Å². The number of fused-ring (bicyclic) bond motifs is 1. The standard InChI is InChI=1S/C22H28N2O4/c1-24(2)22(27)14-28-20-10-6-15-3-7-18(11-17(15)12-20)23-13-21(26)16-4-8-19(25)9-5-16/h4-6,8-10,12,18,21,23,25-26H,3,7,11,13-14H2,1-2H3/t18?,21-/m0/s1. The van der Waals surface area contributed by atoms with Crippen LogP contribution in [0.15, 0.2) is 42.5 Å². The smallest absolute Gasteiger partial charge is 0.259 e. The van der Waals surface area contributed by atoms with Crippen LogP contribution >= 0.6 is 0 Å². The van der Waals surface area contributed by atoms with Gasteiger partial charge in [-0.2, -0.15) is 0 Å². The van der Waals surface area contributed by atoms with E-state index in [2.05, 4.69) is 11.4 Å². The topological polar surface area (TPSA) is 82.0 Å². The second-order valence-electron chi connectivity index (χ2n) is 7.46. The molecule has 28 heavy (non-hydrogen) atoms. The SMILES string of the molecule is CN(C)C(=O)COc1ccc2c(c1)CC(NC[C@H](O)c1ccc(O)cc1)CC2. The Morgan fingerprint density at radius 1 is 1.21 bits per heavy atom. The minimum Gasteiger partial charge on any atom is -0.508 e. The molecule has 1 aliphatic rings. The Hall–Kier alpha value is -2.57. The molecule has 0 spiro atoms. The number of phenols is 1. The van der Waals surface area contributed by atoms with Crippen LogP contribution in [0, 0.1) is 0 Å². The Morgan fingerprint density at radius 2 is 1.96 bits per heavy atom. The lowest BCUT2D eigenvalue weighted by molar-refractivity contribution is -0.130. The number of hydrogen-bond donors (Lipinski definition) is 3. The minimum absolute atomic E-state index is 0.0340. The molecule has 0 aromatic heterocycles. The van der Waals surface area contributed by atoms with Crippen molar-refractivity contribution < 1.29 is 19.7 Å². The zero-order chi connectivity index (χ0) is 20.1. The number of carbonyl (C=O) groups excluding carboxylic acids is 1. The largest absolute Gasteiger partial charge is 0.508 e. The van der Waals surface area contributed by atoms with E-state index in [1.165, 1.54) is 16.0 Å². The van der Waals surface area contributed by atoms with Gasteiger partial charge in [0.2, 0.25) is 0 Å². The van der Waals surface area contributed by atoms with E-state index in [9.17, 15) is 15.0 Å². The average molecular weight is 384 g/mol. The molecule has 0 aliphatic heterocycles. The van der Waals surface area contributed by atoms with Gasteiger partial charge in [-0.3, -0.25) is 4.79 Å². The number of aliphatic hydroxyl groups is 1. The number of nitrogens with one attached hydrogen (secondary N) is 1. The molecule has 2 aromatic rings. The number of nitrogens with zero attached hydrogens (tertiary/aromatic N) is 1. The molecule has 0 saturated carbocycles. The summed E-state index contributed by atoms with van der Waals surface area (Å²) < 4.78 is 5.62. The maximum Gasteiger partial charge on any atom is 0.259 e. The molecular formula is C22H28N2O4. The fraction of sp³-hybridized carbons (Fsp3) is 0.409. The third-order valence-corrected chi connectivity index (χ3v) is 5.15. The lowest BCUT2D eigenvalue weighted by Crippen LogP contribution is -2.37. The number of aromatic hydroxyl groups is 1. The van der Waals surface area contributed by atoms with Crippen molar-refractivity contribution in [1.29, 1.82) is 0 Å². The van der Waals surface area contributed by atoms with Gasteiger partial charge in [0, 0.05) is 26.7 Å². The maximum absolute atomic E-state index is 11.7. The first kappa shape index (κ1) is 20.2. The second kappa shape index (κ2) is 9.08. The first-order valence-electron chi connectivity index (χ1n) is 9.57. The Labute approximate surface area is 165 Å². The van der Waals surface area contributed by atoms with Crippen LogP contribution in [0.25, 0.3) is 0 Å². The Morgan fingerprint density at radius 3 is 2.68 bits per heavy atom. The monoisotopic (exact) mass is 384 g/mol. The van der Waals surface area contributed by atoms with Crippen molar-refractivity contribution in [2.45, 2.75) is 31.4 Å². The lowest BCUT2D eigenvalue weighted by Gasteiger charge is -2.27. The number of hydrogen-bond acceptors (Lipinski definition) is 5. The summed E-state index contributed by atoms with van der Waals surface area (Å²) in [5.41, 5.74) is 3.31. The Balaban J connectivity index is 1.54. The molecule has 2 aromatic carbocycles. The normalized spacial score (nSPS) is 16.9. The van der Waals surface area contributed by atoms with Crippen molar-refractivity contribution in [3.8, 4) is 11.5 Å². The van der Waals surface area contributed by atoms with Gasteiger partial charge in [-0.05, 0) is 60.2 Å². The number of rotatable bonds is 7. The summed E-state index contributed by atoms with van der Waals surface area (Å²) in [6.45, 7) is 0.491. The molecule has 3 N–H and O–H groups in total. The average Bonchev–Trinajstić information content (AvgIpc) is 2.70. The molecule has 150 valence electrons. The van der Waals surface area contributed by atoms with E-state index in [1.807, 2.05) is 12.1 Å². The van der Waals surface area contributed by atoms with Gasteiger partial charge in [-0.1, -0.05) is 18.2 Å². The van der Waals surface area contributed by atoms with E-state index < -0.39 is 6.10 Å². The molecule has 2 atom stereocenters. The highest BCUT2D eigenvalue weighted by molar-refractivity contribution is 5.77. The van der Waals surface area contributed by atoms with Gasteiger partial charge in [0.1, 0.15) is 11.5 Å². The van der Waals surface area contributed by atoms with Crippen LogP contribution in [0.4, 0.5) is 0 Å². The molecule has 6 heteroatoms. The zero-order valence-electron chi connectivity index (χ0n) is 16.4. The Bertz CT molecular complexity index is 805. The minimum atomic E-state index is -0.617. The molecule has 6 nitrogen and oxygen atoms in total. The fourth-order valence-electron chi connectivity index (χ4n) is 3.36. The van der Waals surface area contributed by atoms with Crippen LogP contribution in [0.3, 0.4) is 0 Å². The van der Waals surface area contributed by atoms with E-state index in [-0.39, 0.29) is 24.3 Å². The lowest BCUT2D eigenvalue weighted by atomic mass is 9.88. The molecule has 1 aliphatic carbocycles. The quantitative estimate of drug-likeness (QED) is 0.681. The first-order chi connectivity index (χ1) is 13.4. The van der Waals surface area contributed by atoms with Gasteiger partial charge in [-0.15, -0.1) is 0 Å². The predicted octanol–water partition coefficient (Wildman–Crippen LogP) is 2.04. The van der Waals surface area contributed by atoms with Gasteiger partial charge in [0.05, 0.1) is 6.10 Å². The van der Waals surface area contributed by atoms with Crippen LogP contribution in [0.5, 0.6) is 11.5 Å². The number of carbonyl (C=O) groups is 1. The summed E-state index contributed by atoms with van der Waals surface area (Å²) in [7, 11) is 3.42. The number of aliphatic hydroxyl groups excluding tert-OH is 1. The molecule has 0 heterocycles. The van der Waals surface area contributed by atoms with E-state index in [1.54, 1.807) is 38.4 Å². The van der Waals surface area contributed by atoms with E-state index in [0.29, 0.717) is 12.3 Å². The molecule has 0 saturated heterocycles. The fourth-order valence-corrected chi connectivity index (χ4v) is 3.36. The van der Waals surface area contributed by atoms with Crippen molar-refractivity contribution in [3.05, 3.63) is 59.2 Å². The molecule has 1 amide bonds. The molecule has 0 bridgehead atoms. The highest BCUT2D eigenvalue weighted by Gasteiger charge is 2.20. The van der Waals surface area contributed by atoms with Crippen molar-refractivity contribution in [3.63, 3.8) is 0 Å². The van der Waals surface area contributed by atoms with Crippen molar-refractivity contribution in [2.24, 2.45) is 0 Å². The van der Waals surface area contributed by atoms with Crippen molar-refractivity contribution >= 4 is 5.91 Å². The molecule has 1 unspecified atom stereocenters. The number of likely N-dealkylation sites (N-methyl/N-ethyl adjacent to an activating group) is 1. The summed E-state index contributed by atoms with van der Waals surface area (Å²) in [5.74, 6) is 0.831. The molecular weight excluding hydrogens is 356 g/mol. The van der Waals surface area contributed by atoms with Crippen LogP contribution in [0.2, 0.25) is 0 Å². The van der Waals surface area contributed by atoms with Gasteiger partial charge >= 0.3 is 0 Å². The summed E-state index contributed by atoms with van der Waals surface area (Å²) in [5, 5.41) is 23.1. The van der Waals surface area contributed by atoms with E-state index in [0.717, 1.165) is 24.8 Å². The van der Waals surface area contributed by atoms with Crippen LogP contribution in [-0.4, -0.2) is 54.3 Å². The number of ether oxygens (including phenoxy) is 1. The summed E-state index contributed by atoms with van der Waals surface area (Å²) in [4.78, 5) is 13.2. The Kier molecular flexibility index (Phi) is 6.54. The van der Waals surface area contributed by atoms with Gasteiger partial charge in [-0.25, -0.2) is 0 Å². The highest BCUT2D eigenvalue weighted by atomic mass is 16.5. The predicted molar refractivity (Wildman–Crippen MR) is 108 cm³/mol. The van der Waals surface area contributed by atoms with Crippen molar-refractivity contribution in [1.82, 2.24) is 10.2 Å². The molecule has 0 fully saturated rings. The van der Waals surface area contributed by atoms with Crippen LogP contribution < -0.4 is 10.1 Å². The molecule has 0 radical (unpaired) electrons. The maximum atomic E-state index is 11.7. The summed E-state index contributed by atoms with van der Waals surface area (Å²) >= 11 is 0. The van der Waals surface area contributed by atoms with Gasteiger partial charge in [0.25, 0.3) is 5.91 Å². The van der Waals surface area contributed by atoms with Crippen LogP contribution in [-0.2, 0) is 17.6 Å². The molecule has 3 rings (SSSR count). The zero-order valence-corrected chi connectivity index (χ0v) is 16.4. The third-order valence-electron chi connectivity index (χ3n) is 5.15. The second-order valence-corrected chi connectivity index (χ2v) is 7.46. The summed E-state index contributed by atoms with van der Waals surface area (Å²) in [6.07, 6.45) is 2.22. The van der Waals surface area contributed by atoms with Crippen LogP contribution in [0.1, 0.15) is 29.2 Å². The van der Waals surface area contributed by atoms with E-state index >= 15 is 0 Å². The third kappa shape index (κ3) is 5.24.